The molecule has 0 atom stereocenters. The molecule has 1 amide bonds. The summed E-state index contributed by atoms with van der Waals surface area (Å²) >= 11 is 0. The van der Waals surface area contributed by atoms with E-state index in [0.29, 0.717) is 18.7 Å². The second-order valence-corrected chi connectivity index (χ2v) is 6.45. The first kappa shape index (κ1) is 21.4. The predicted octanol–water partition coefficient (Wildman–Crippen LogP) is 2.92. The van der Waals surface area contributed by atoms with E-state index in [-0.39, 0.29) is 11.7 Å². The van der Waals surface area contributed by atoms with Crippen LogP contribution in [0, 0.1) is 5.82 Å². The Morgan fingerprint density at radius 2 is 1.79 bits per heavy atom. The van der Waals surface area contributed by atoms with Crippen molar-refractivity contribution < 1.29 is 9.18 Å². The van der Waals surface area contributed by atoms with Crippen LogP contribution in [0.5, 0.6) is 0 Å². The van der Waals surface area contributed by atoms with Crippen LogP contribution in [0.3, 0.4) is 0 Å². The highest BCUT2D eigenvalue weighted by Gasteiger charge is 2.04. The number of halogens is 1. The number of hydrogen-bond acceptors (Lipinski definition) is 2. The molecule has 5 nitrogen and oxygen atoms in total. The Bertz CT molecular complexity index is 792. The Labute approximate surface area is 166 Å². The van der Waals surface area contributed by atoms with Gasteiger partial charge in [-0.25, -0.2) is 4.39 Å². The molecule has 0 spiro atoms. The number of nitrogens with one attached hydrogen (secondary N) is 3. The van der Waals surface area contributed by atoms with E-state index < -0.39 is 0 Å². The summed E-state index contributed by atoms with van der Waals surface area (Å²) < 4.78 is 13.2. The summed E-state index contributed by atoms with van der Waals surface area (Å²) in [4.78, 5) is 16.3. The molecular weight excluding hydrogens is 355 g/mol. The first-order valence-electron chi connectivity index (χ1n) is 9.70. The molecule has 28 heavy (non-hydrogen) atoms. The molecular formula is C22H29FN4O. The Morgan fingerprint density at radius 1 is 1.04 bits per heavy atom. The molecule has 2 rings (SSSR count). The highest BCUT2D eigenvalue weighted by molar-refractivity contribution is 5.94. The molecule has 0 fully saturated rings. The molecule has 0 saturated carbocycles. The Morgan fingerprint density at radius 3 is 2.50 bits per heavy atom. The summed E-state index contributed by atoms with van der Waals surface area (Å²) in [5, 5.41) is 9.19. The van der Waals surface area contributed by atoms with Crippen LogP contribution in [0.4, 0.5) is 4.39 Å². The quantitative estimate of drug-likeness (QED) is 0.354. The third kappa shape index (κ3) is 7.39. The Balaban J connectivity index is 1.80. The molecule has 2 aromatic carbocycles. The standard InChI is InChI=1S/C22H29FN4O/c1-3-25-22(26-13-6-9-17-8-5-11-20(23)16-17)27-14-12-18-7-4-10-19(15-18)21(28)24-2/h4-5,7-8,10-11,15-16H,3,6,9,12-14H2,1-2H3,(H,24,28)(H2,25,26,27). The van der Waals surface area contributed by atoms with E-state index >= 15 is 0 Å². The molecule has 0 aliphatic heterocycles. The Kier molecular flexibility index (Phi) is 8.98. The van der Waals surface area contributed by atoms with Crippen LogP contribution < -0.4 is 16.0 Å². The van der Waals surface area contributed by atoms with Crippen LogP contribution in [0.25, 0.3) is 0 Å². The zero-order valence-corrected chi connectivity index (χ0v) is 16.6. The van der Waals surface area contributed by atoms with Crippen molar-refractivity contribution in [1.82, 2.24) is 16.0 Å². The minimum absolute atomic E-state index is 0.0805. The van der Waals surface area contributed by atoms with E-state index in [0.717, 1.165) is 42.9 Å². The van der Waals surface area contributed by atoms with Crippen LogP contribution in [0.2, 0.25) is 0 Å². The highest BCUT2D eigenvalue weighted by atomic mass is 19.1. The average Bonchev–Trinajstić information content (AvgIpc) is 2.71. The molecule has 150 valence electrons. The van der Waals surface area contributed by atoms with Crippen molar-refractivity contribution in [2.24, 2.45) is 4.99 Å². The smallest absolute Gasteiger partial charge is 0.251 e. The number of nitrogens with zero attached hydrogens (tertiary/aromatic N) is 1. The van der Waals surface area contributed by atoms with Gasteiger partial charge < -0.3 is 16.0 Å². The minimum Gasteiger partial charge on any atom is -0.357 e. The SMILES string of the molecule is CCNC(=NCCCc1cccc(F)c1)NCCc1cccc(C(=O)NC)c1. The van der Waals surface area contributed by atoms with Crippen molar-refractivity contribution in [3.05, 3.63) is 71.0 Å². The van der Waals surface area contributed by atoms with Crippen LogP contribution in [0.1, 0.15) is 34.8 Å². The third-order valence-electron chi connectivity index (χ3n) is 4.25. The van der Waals surface area contributed by atoms with E-state index in [1.54, 1.807) is 25.2 Å². The summed E-state index contributed by atoms with van der Waals surface area (Å²) in [5.74, 6) is 0.490. The zero-order valence-electron chi connectivity index (χ0n) is 16.6. The van der Waals surface area contributed by atoms with Gasteiger partial charge in [-0.2, -0.15) is 0 Å². The lowest BCUT2D eigenvalue weighted by molar-refractivity contribution is 0.0963. The number of aliphatic imine (C=N–C) groups is 1. The molecule has 0 saturated heterocycles. The second kappa shape index (κ2) is 11.7. The van der Waals surface area contributed by atoms with E-state index in [9.17, 15) is 9.18 Å². The van der Waals surface area contributed by atoms with Crippen LogP contribution in [-0.2, 0) is 12.8 Å². The summed E-state index contributed by atoms with van der Waals surface area (Å²) in [5.41, 5.74) is 2.75. The topological polar surface area (TPSA) is 65.5 Å². The van der Waals surface area contributed by atoms with Gasteiger partial charge in [-0.15, -0.1) is 0 Å². The summed E-state index contributed by atoms with van der Waals surface area (Å²) in [7, 11) is 1.63. The number of rotatable bonds is 9. The number of carbonyl (C=O) groups is 1. The van der Waals surface area contributed by atoms with Crippen molar-refractivity contribution in [1.29, 1.82) is 0 Å². The predicted molar refractivity (Wildman–Crippen MR) is 112 cm³/mol. The maximum atomic E-state index is 13.2. The van der Waals surface area contributed by atoms with Crippen molar-refractivity contribution in [3.63, 3.8) is 0 Å². The zero-order chi connectivity index (χ0) is 20.2. The van der Waals surface area contributed by atoms with Crippen molar-refractivity contribution in [2.75, 3.05) is 26.7 Å². The van der Waals surface area contributed by atoms with Crippen molar-refractivity contribution in [3.8, 4) is 0 Å². The molecule has 2 aromatic rings. The molecule has 0 heterocycles. The first-order chi connectivity index (χ1) is 13.6. The van der Waals surface area contributed by atoms with E-state index in [4.69, 9.17) is 0 Å². The molecule has 0 aliphatic rings. The van der Waals surface area contributed by atoms with E-state index in [2.05, 4.69) is 20.9 Å². The second-order valence-electron chi connectivity index (χ2n) is 6.45. The van der Waals surface area contributed by atoms with Gasteiger partial charge in [0.15, 0.2) is 5.96 Å². The van der Waals surface area contributed by atoms with Crippen LogP contribution >= 0.6 is 0 Å². The molecule has 0 radical (unpaired) electrons. The fourth-order valence-corrected chi connectivity index (χ4v) is 2.85. The van der Waals surface area contributed by atoms with Crippen LogP contribution in [0.15, 0.2) is 53.5 Å². The summed E-state index contributed by atoms with van der Waals surface area (Å²) in [6, 6.07) is 14.3. The van der Waals surface area contributed by atoms with Gasteiger partial charge in [0.25, 0.3) is 5.91 Å². The summed E-state index contributed by atoms with van der Waals surface area (Å²) in [6.07, 6.45) is 2.44. The normalized spacial score (nSPS) is 11.2. The van der Waals surface area contributed by atoms with Gasteiger partial charge >= 0.3 is 0 Å². The fourth-order valence-electron chi connectivity index (χ4n) is 2.85. The molecule has 3 N–H and O–H groups in total. The highest BCUT2D eigenvalue weighted by Crippen LogP contribution is 2.07. The van der Waals surface area contributed by atoms with Gasteiger partial charge in [0.2, 0.25) is 0 Å². The van der Waals surface area contributed by atoms with E-state index in [1.165, 1.54) is 6.07 Å². The molecule has 0 aromatic heterocycles. The largest absolute Gasteiger partial charge is 0.357 e. The molecule has 0 aliphatic carbocycles. The van der Waals surface area contributed by atoms with Crippen molar-refractivity contribution >= 4 is 11.9 Å². The fraction of sp³-hybridized carbons (Fsp3) is 0.364. The number of amides is 1. The lowest BCUT2D eigenvalue weighted by Gasteiger charge is -2.12. The number of aryl methyl sites for hydroxylation is 1. The van der Waals surface area contributed by atoms with Gasteiger partial charge in [-0.05, 0) is 61.6 Å². The maximum absolute atomic E-state index is 13.2. The molecule has 0 bridgehead atoms. The van der Waals surface area contributed by atoms with Gasteiger partial charge in [0.05, 0.1) is 0 Å². The van der Waals surface area contributed by atoms with Crippen LogP contribution in [-0.4, -0.2) is 38.5 Å². The van der Waals surface area contributed by atoms with Gasteiger partial charge in [-0.1, -0.05) is 24.3 Å². The number of guanidine groups is 1. The van der Waals surface area contributed by atoms with E-state index in [1.807, 2.05) is 31.2 Å². The first-order valence-corrected chi connectivity index (χ1v) is 9.70. The summed E-state index contributed by atoms with van der Waals surface area (Å²) in [6.45, 7) is 4.18. The third-order valence-corrected chi connectivity index (χ3v) is 4.25. The minimum atomic E-state index is -0.198. The van der Waals surface area contributed by atoms with Gasteiger partial charge in [-0.3, -0.25) is 9.79 Å². The Hall–Kier alpha value is -2.89. The maximum Gasteiger partial charge on any atom is 0.251 e. The van der Waals surface area contributed by atoms with Crippen molar-refractivity contribution in [2.45, 2.75) is 26.2 Å². The molecule has 0 unspecified atom stereocenters. The monoisotopic (exact) mass is 384 g/mol. The molecule has 6 heteroatoms. The number of hydrogen-bond donors (Lipinski definition) is 3. The lowest BCUT2D eigenvalue weighted by atomic mass is 10.1. The number of benzene rings is 2. The van der Waals surface area contributed by atoms with Gasteiger partial charge in [0.1, 0.15) is 5.82 Å². The number of carbonyl (C=O) groups excluding carboxylic acids is 1. The lowest BCUT2D eigenvalue weighted by Crippen LogP contribution is -2.38. The average molecular weight is 384 g/mol. The van der Waals surface area contributed by atoms with Gasteiger partial charge in [0, 0.05) is 32.2 Å².